The SMILES string of the molecule is C=COc1c(C)cc(C2(c3cc(C)c(OC=C)c(C)c3)c3ccccc3-c3ccccc32)cc1C. The molecule has 0 atom stereocenters. The van der Waals surface area contributed by atoms with Crippen LogP contribution in [0.3, 0.4) is 0 Å². The molecular formula is C33H30O2. The summed E-state index contributed by atoms with van der Waals surface area (Å²) < 4.78 is 11.6. The Morgan fingerprint density at radius 3 is 1.26 bits per heavy atom. The van der Waals surface area contributed by atoms with Crippen LogP contribution in [0, 0.1) is 27.7 Å². The molecule has 0 spiro atoms. The van der Waals surface area contributed by atoms with Crippen LogP contribution in [-0.4, -0.2) is 0 Å². The highest BCUT2D eigenvalue weighted by atomic mass is 16.5. The van der Waals surface area contributed by atoms with Crippen LogP contribution in [-0.2, 0) is 5.41 Å². The van der Waals surface area contributed by atoms with E-state index in [4.69, 9.17) is 9.47 Å². The first kappa shape index (κ1) is 22.7. The van der Waals surface area contributed by atoms with Crippen molar-refractivity contribution in [1.29, 1.82) is 0 Å². The third kappa shape index (κ3) is 3.32. The second-order valence-electron chi connectivity index (χ2n) is 9.29. The van der Waals surface area contributed by atoms with Crippen molar-refractivity contribution in [3.8, 4) is 22.6 Å². The van der Waals surface area contributed by atoms with Gasteiger partial charge in [0, 0.05) is 0 Å². The van der Waals surface area contributed by atoms with Crippen molar-refractivity contribution in [2.45, 2.75) is 33.1 Å². The lowest BCUT2D eigenvalue weighted by Crippen LogP contribution is -2.29. The second-order valence-corrected chi connectivity index (χ2v) is 9.29. The summed E-state index contributed by atoms with van der Waals surface area (Å²) in [6.07, 6.45) is 2.99. The van der Waals surface area contributed by atoms with Crippen LogP contribution >= 0.6 is 0 Å². The van der Waals surface area contributed by atoms with E-state index in [1.807, 2.05) is 0 Å². The minimum Gasteiger partial charge on any atom is -0.465 e. The summed E-state index contributed by atoms with van der Waals surface area (Å²) in [7, 11) is 0. The lowest BCUT2D eigenvalue weighted by molar-refractivity contribution is 0.474. The van der Waals surface area contributed by atoms with Crippen molar-refractivity contribution in [2.75, 3.05) is 0 Å². The van der Waals surface area contributed by atoms with Crippen molar-refractivity contribution in [2.24, 2.45) is 0 Å². The van der Waals surface area contributed by atoms with Crippen LogP contribution in [0.15, 0.2) is 98.5 Å². The van der Waals surface area contributed by atoms with E-state index in [-0.39, 0.29) is 0 Å². The molecule has 2 nitrogen and oxygen atoms in total. The van der Waals surface area contributed by atoms with Gasteiger partial charge in [0.1, 0.15) is 11.5 Å². The second kappa shape index (κ2) is 8.63. The van der Waals surface area contributed by atoms with Gasteiger partial charge in [-0.2, -0.15) is 0 Å². The predicted molar refractivity (Wildman–Crippen MR) is 144 cm³/mol. The maximum atomic E-state index is 5.78. The molecule has 1 aliphatic rings. The highest BCUT2D eigenvalue weighted by Gasteiger charge is 2.46. The molecule has 5 rings (SSSR count). The Labute approximate surface area is 208 Å². The number of benzene rings is 4. The highest BCUT2D eigenvalue weighted by Crippen LogP contribution is 2.57. The van der Waals surface area contributed by atoms with Gasteiger partial charge in [0.15, 0.2) is 0 Å². The third-order valence-corrected chi connectivity index (χ3v) is 7.14. The monoisotopic (exact) mass is 458 g/mol. The van der Waals surface area contributed by atoms with Gasteiger partial charge in [0.05, 0.1) is 17.9 Å². The van der Waals surface area contributed by atoms with Gasteiger partial charge in [0.25, 0.3) is 0 Å². The Balaban J connectivity index is 1.93. The van der Waals surface area contributed by atoms with E-state index >= 15 is 0 Å². The van der Waals surface area contributed by atoms with E-state index < -0.39 is 5.41 Å². The van der Waals surface area contributed by atoms with Crippen LogP contribution in [0.5, 0.6) is 11.5 Å². The van der Waals surface area contributed by atoms with E-state index in [1.54, 1.807) is 0 Å². The molecule has 0 heterocycles. The number of rotatable bonds is 6. The molecule has 0 fully saturated rings. The number of aryl methyl sites for hydroxylation is 4. The Bertz CT molecular complexity index is 1320. The fraction of sp³-hybridized carbons (Fsp3) is 0.152. The molecule has 4 aromatic rings. The van der Waals surface area contributed by atoms with E-state index in [9.17, 15) is 0 Å². The van der Waals surface area contributed by atoms with Gasteiger partial charge < -0.3 is 9.47 Å². The standard InChI is InChI=1S/C33H30O2/c1-7-34-31-21(3)17-25(18-22(31)4)33(26-19-23(5)32(35-8-2)24(6)20-26)29-15-11-9-13-27(29)28-14-10-12-16-30(28)33/h7-20H,1-2H2,3-6H3. The average molecular weight is 459 g/mol. The van der Waals surface area contributed by atoms with E-state index in [2.05, 4.69) is 114 Å². The smallest absolute Gasteiger partial charge is 0.132 e. The molecule has 0 amide bonds. The lowest BCUT2D eigenvalue weighted by Gasteiger charge is -2.35. The summed E-state index contributed by atoms with van der Waals surface area (Å²) in [5.74, 6) is 1.72. The van der Waals surface area contributed by atoms with Gasteiger partial charge >= 0.3 is 0 Å². The molecule has 0 aromatic heterocycles. The number of hydrogen-bond donors (Lipinski definition) is 0. The van der Waals surface area contributed by atoms with Crippen molar-refractivity contribution >= 4 is 0 Å². The molecule has 1 aliphatic carbocycles. The molecule has 0 saturated heterocycles. The molecule has 0 N–H and O–H groups in total. The topological polar surface area (TPSA) is 18.5 Å². The molecule has 0 aliphatic heterocycles. The minimum atomic E-state index is -0.475. The maximum Gasteiger partial charge on any atom is 0.132 e. The molecule has 35 heavy (non-hydrogen) atoms. The Morgan fingerprint density at radius 2 is 0.914 bits per heavy atom. The summed E-state index contributed by atoms with van der Waals surface area (Å²) in [5, 5.41) is 0. The van der Waals surface area contributed by atoms with Crippen LogP contribution in [0.25, 0.3) is 11.1 Å². The molecule has 0 saturated carbocycles. The Hall–Kier alpha value is -4.04. The van der Waals surface area contributed by atoms with Crippen molar-refractivity contribution in [1.82, 2.24) is 0 Å². The third-order valence-electron chi connectivity index (χ3n) is 7.14. The van der Waals surface area contributed by atoms with Crippen LogP contribution in [0.1, 0.15) is 44.5 Å². The molecule has 0 unspecified atom stereocenters. The molecule has 4 aromatic carbocycles. The van der Waals surface area contributed by atoms with Crippen molar-refractivity contribution < 1.29 is 9.47 Å². The van der Waals surface area contributed by atoms with E-state index in [0.29, 0.717) is 0 Å². The first-order chi connectivity index (χ1) is 16.9. The van der Waals surface area contributed by atoms with Crippen LogP contribution in [0.2, 0.25) is 0 Å². The number of hydrogen-bond acceptors (Lipinski definition) is 2. The van der Waals surface area contributed by atoms with Gasteiger partial charge in [-0.25, -0.2) is 0 Å². The Morgan fingerprint density at radius 1 is 0.571 bits per heavy atom. The quantitative estimate of drug-likeness (QED) is 0.238. The van der Waals surface area contributed by atoms with Crippen LogP contribution in [0.4, 0.5) is 0 Å². The largest absolute Gasteiger partial charge is 0.465 e. The minimum absolute atomic E-state index is 0.475. The summed E-state index contributed by atoms with van der Waals surface area (Å²) in [6.45, 7) is 15.9. The summed E-state index contributed by atoms with van der Waals surface area (Å²) >= 11 is 0. The lowest BCUT2D eigenvalue weighted by atomic mass is 9.66. The maximum absolute atomic E-state index is 5.78. The molecule has 0 radical (unpaired) electrons. The fourth-order valence-corrected chi connectivity index (χ4v) is 5.90. The molecule has 174 valence electrons. The van der Waals surface area contributed by atoms with Crippen molar-refractivity contribution in [3.05, 3.63) is 143 Å². The Kier molecular flexibility index (Phi) is 5.61. The van der Waals surface area contributed by atoms with Gasteiger partial charge in [-0.15, -0.1) is 0 Å². The average Bonchev–Trinajstić information content (AvgIpc) is 3.15. The van der Waals surface area contributed by atoms with Gasteiger partial charge in [-0.05, 0) is 83.3 Å². The molecular weight excluding hydrogens is 428 g/mol. The van der Waals surface area contributed by atoms with Crippen LogP contribution < -0.4 is 9.47 Å². The van der Waals surface area contributed by atoms with Gasteiger partial charge in [-0.1, -0.05) is 86.0 Å². The van der Waals surface area contributed by atoms with E-state index in [0.717, 1.165) is 33.8 Å². The molecule has 0 bridgehead atoms. The zero-order chi connectivity index (χ0) is 24.7. The number of ether oxygens (including phenoxy) is 2. The zero-order valence-corrected chi connectivity index (χ0v) is 20.8. The molecule has 2 heteroatoms. The highest BCUT2D eigenvalue weighted by molar-refractivity contribution is 5.86. The zero-order valence-electron chi connectivity index (χ0n) is 20.8. The summed E-state index contributed by atoms with van der Waals surface area (Å²) in [6, 6.07) is 26.6. The van der Waals surface area contributed by atoms with Gasteiger partial charge in [-0.3, -0.25) is 0 Å². The summed E-state index contributed by atoms with van der Waals surface area (Å²) in [5.41, 5.74) is 11.4. The first-order valence-corrected chi connectivity index (χ1v) is 11.9. The van der Waals surface area contributed by atoms with Crippen molar-refractivity contribution in [3.63, 3.8) is 0 Å². The summed E-state index contributed by atoms with van der Waals surface area (Å²) in [4.78, 5) is 0. The first-order valence-electron chi connectivity index (χ1n) is 11.9. The predicted octanol–water partition coefficient (Wildman–Crippen LogP) is 8.33. The number of fused-ring (bicyclic) bond motifs is 3. The van der Waals surface area contributed by atoms with Gasteiger partial charge in [0.2, 0.25) is 0 Å². The normalized spacial score (nSPS) is 13.0. The van der Waals surface area contributed by atoms with E-state index in [1.165, 1.54) is 45.9 Å². The fourth-order valence-electron chi connectivity index (χ4n) is 5.90.